The highest BCUT2D eigenvalue weighted by atomic mass is 15.4. The lowest BCUT2D eigenvalue weighted by molar-refractivity contribution is 0.103. The molecule has 0 spiro atoms. The molecule has 1 aliphatic rings. The molecular formula is C12H23N5. The van der Waals surface area contributed by atoms with Gasteiger partial charge < -0.3 is 5.32 Å². The van der Waals surface area contributed by atoms with E-state index in [0.717, 1.165) is 25.5 Å². The zero-order valence-electron chi connectivity index (χ0n) is 11.2. The van der Waals surface area contributed by atoms with E-state index in [9.17, 15) is 0 Å². The molecule has 17 heavy (non-hydrogen) atoms. The molecule has 1 saturated heterocycles. The molecule has 0 bridgehead atoms. The number of rotatable bonds is 3. The van der Waals surface area contributed by atoms with Crippen LogP contribution < -0.4 is 5.32 Å². The van der Waals surface area contributed by atoms with Crippen LogP contribution >= 0.6 is 0 Å². The third-order valence-corrected chi connectivity index (χ3v) is 3.47. The molecule has 0 aromatic carbocycles. The summed E-state index contributed by atoms with van der Waals surface area (Å²) in [4.78, 5) is 6.89. The van der Waals surface area contributed by atoms with Gasteiger partial charge in [-0.2, -0.15) is 5.10 Å². The Hall–Kier alpha value is -0.940. The molecule has 1 aliphatic heterocycles. The van der Waals surface area contributed by atoms with Gasteiger partial charge in [0, 0.05) is 31.2 Å². The second-order valence-electron chi connectivity index (χ2n) is 5.24. The van der Waals surface area contributed by atoms with Crippen molar-refractivity contribution in [2.24, 2.45) is 0 Å². The largest absolute Gasteiger partial charge is 0.314 e. The third kappa shape index (κ3) is 2.66. The standard InChI is InChI=1S/C12H23N5/c1-9(2)17-12(14-8-15-17)7-16-10(3)5-13-6-11(16)4/h8-11,13H,5-7H2,1-4H3. The van der Waals surface area contributed by atoms with Crippen LogP contribution in [0.4, 0.5) is 0 Å². The van der Waals surface area contributed by atoms with E-state index < -0.39 is 0 Å². The van der Waals surface area contributed by atoms with Gasteiger partial charge in [-0.3, -0.25) is 4.90 Å². The average Bonchev–Trinajstić information content (AvgIpc) is 2.72. The molecule has 1 aromatic heterocycles. The van der Waals surface area contributed by atoms with Gasteiger partial charge in [0.25, 0.3) is 0 Å². The first-order valence-electron chi connectivity index (χ1n) is 6.44. The third-order valence-electron chi connectivity index (χ3n) is 3.47. The maximum absolute atomic E-state index is 4.39. The molecule has 2 unspecified atom stereocenters. The van der Waals surface area contributed by atoms with E-state index in [4.69, 9.17) is 0 Å². The van der Waals surface area contributed by atoms with E-state index in [0.29, 0.717) is 18.1 Å². The fraction of sp³-hybridized carbons (Fsp3) is 0.833. The Labute approximate surface area is 103 Å². The Kier molecular flexibility index (Phi) is 3.79. The molecule has 0 saturated carbocycles. The molecule has 2 rings (SSSR count). The SMILES string of the molecule is CC1CNCC(C)N1Cc1ncnn1C(C)C. The first-order valence-corrected chi connectivity index (χ1v) is 6.44. The maximum atomic E-state index is 4.39. The Morgan fingerprint density at radius 2 is 2.00 bits per heavy atom. The molecule has 96 valence electrons. The Morgan fingerprint density at radius 1 is 1.35 bits per heavy atom. The molecular weight excluding hydrogens is 214 g/mol. The summed E-state index contributed by atoms with van der Waals surface area (Å²) in [5.41, 5.74) is 0. The van der Waals surface area contributed by atoms with Gasteiger partial charge >= 0.3 is 0 Å². The molecule has 5 nitrogen and oxygen atoms in total. The Balaban J connectivity index is 2.11. The molecule has 0 radical (unpaired) electrons. The molecule has 1 aromatic rings. The summed E-state index contributed by atoms with van der Waals surface area (Å²) in [6.07, 6.45) is 1.66. The molecule has 2 atom stereocenters. The van der Waals surface area contributed by atoms with Crippen LogP contribution in [-0.2, 0) is 6.54 Å². The normalized spacial score (nSPS) is 26.6. The quantitative estimate of drug-likeness (QED) is 0.853. The molecule has 0 amide bonds. The predicted octanol–water partition coefficient (Wildman–Crippen LogP) is 1.04. The zero-order valence-corrected chi connectivity index (χ0v) is 11.2. The summed E-state index contributed by atoms with van der Waals surface area (Å²) >= 11 is 0. The van der Waals surface area contributed by atoms with E-state index in [1.54, 1.807) is 6.33 Å². The summed E-state index contributed by atoms with van der Waals surface area (Å²) in [7, 11) is 0. The molecule has 5 heteroatoms. The fourth-order valence-corrected chi connectivity index (χ4v) is 2.46. The number of hydrogen-bond acceptors (Lipinski definition) is 4. The topological polar surface area (TPSA) is 46.0 Å². The van der Waals surface area contributed by atoms with Gasteiger partial charge in [-0.1, -0.05) is 0 Å². The van der Waals surface area contributed by atoms with Crippen molar-refractivity contribution in [2.45, 2.75) is 52.4 Å². The predicted molar refractivity (Wildman–Crippen MR) is 67.7 cm³/mol. The van der Waals surface area contributed by atoms with E-state index >= 15 is 0 Å². The number of aromatic nitrogens is 3. The van der Waals surface area contributed by atoms with Crippen LogP contribution in [0.2, 0.25) is 0 Å². The fourth-order valence-electron chi connectivity index (χ4n) is 2.46. The van der Waals surface area contributed by atoms with Crippen molar-refractivity contribution in [1.29, 1.82) is 0 Å². The Morgan fingerprint density at radius 3 is 2.59 bits per heavy atom. The summed E-state index contributed by atoms with van der Waals surface area (Å²) in [5, 5.41) is 7.74. The maximum Gasteiger partial charge on any atom is 0.141 e. The molecule has 0 aliphatic carbocycles. The lowest BCUT2D eigenvalue weighted by Gasteiger charge is -2.39. The zero-order chi connectivity index (χ0) is 12.4. The summed E-state index contributed by atoms with van der Waals surface area (Å²) < 4.78 is 2.02. The number of piperazine rings is 1. The van der Waals surface area contributed by atoms with Crippen LogP contribution in [0.15, 0.2) is 6.33 Å². The first kappa shape index (κ1) is 12.5. The van der Waals surface area contributed by atoms with Crippen LogP contribution in [0.5, 0.6) is 0 Å². The Bertz CT molecular complexity index is 350. The highest BCUT2D eigenvalue weighted by Gasteiger charge is 2.26. The minimum absolute atomic E-state index is 0.376. The van der Waals surface area contributed by atoms with Gasteiger partial charge in [0.2, 0.25) is 0 Å². The van der Waals surface area contributed by atoms with Crippen molar-refractivity contribution in [2.75, 3.05) is 13.1 Å². The van der Waals surface area contributed by atoms with Gasteiger partial charge in [0.15, 0.2) is 0 Å². The van der Waals surface area contributed by atoms with Crippen molar-refractivity contribution >= 4 is 0 Å². The number of nitrogens with one attached hydrogen (secondary N) is 1. The van der Waals surface area contributed by atoms with Crippen molar-refractivity contribution in [3.63, 3.8) is 0 Å². The van der Waals surface area contributed by atoms with Crippen LogP contribution in [-0.4, -0.2) is 44.8 Å². The minimum Gasteiger partial charge on any atom is -0.314 e. The number of nitrogens with zero attached hydrogens (tertiary/aromatic N) is 4. The van der Waals surface area contributed by atoms with Crippen molar-refractivity contribution < 1.29 is 0 Å². The lowest BCUT2D eigenvalue weighted by Crippen LogP contribution is -2.54. The smallest absolute Gasteiger partial charge is 0.141 e. The second-order valence-corrected chi connectivity index (χ2v) is 5.24. The van der Waals surface area contributed by atoms with E-state index in [2.05, 4.69) is 48.0 Å². The second kappa shape index (κ2) is 5.14. The average molecular weight is 237 g/mol. The van der Waals surface area contributed by atoms with Gasteiger partial charge in [-0.05, 0) is 27.7 Å². The van der Waals surface area contributed by atoms with Gasteiger partial charge in [-0.25, -0.2) is 9.67 Å². The summed E-state index contributed by atoms with van der Waals surface area (Å²) in [5.74, 6) is 1.07. The lowest BCUT2D eigenvalue weighted by atomic mass is 10.1. The molecule has 1 fully saturated rings. The van der Waals surface area contributed by atoms with Crippen molar-refractivity contribution in [3.8, 4) is 0 Å². The van der Waals surface area contributed by atoms with Crippen molar-refractivity contribution in [1.82, 2.24) is 25.0 Å². The van der Waals surface area contributed by atoms with Crippen LogP contribution in [0.25, 0.3) is 0 Å². The van der Waals surface area contributed by atoms with Crippen LogP contribution in [0.1, 0.15) is 39.6 Å². The summed E-state index contributed by atoms with van der Waals surface area (Å²) in [6.45, 7) is 11.8. The number of hydrogen-bond donors (Lipinski definition) is 1. The highest BCUT2D eigenvalue weighted by molar-refractivity contribution is 4.91. The van der Waals surface area contributed by atoms with E-state index in [1.807, 2.05) is 4.68 Å². The van der Waals surface area contributed by atoms with Crippen molar-refractivity contribution in [3.05, 3.63) is 12.2 Å². The van der Waals surface area contributed by atoms with Gasteiger partial charge in [-0.15, -0.1) is 0 Å². The first-order chi connectivity index (χ1) is 8.09. The van der Waals surface area contributed by atoms with E-state index in [-0.39, 0.29) is 0 Å². The van der Waals surface area contributed by atoms with Crippen LogP contribution in [0, 0.1) is 0 Å². The van der Waals surface area contributed by atoms with Crippen LogP contribution in [0.3, 0.4) is 0 Å². The highest BCUT2D eigenvalue weighted by Crippen LogP contribution is 2.15. The minimum atomic E-state index is 0.376. The molecule has 2 heterocycles. The van der Waals surface area contributed by atoms with Gasteiger partial charge in [0.1, 0.15) is 12.2 Å². The van der Waals surface area contributed by atoms with E-state index in [1.165, 1.54) is 0 Å². The monoisotopic (exact) mass is 237 g/mol. The van der Waals surface area contributed by atoms with Gasteiger partial charge in [0.05, 0.1) is 6.54 Å². The summed E-state index contributed by atoms with van der Waals surface area (Å²) in [6, 6.07) is 1.48. The molecule has 1 N–H and O–H groups in total.